The van der Waals surface area contributed by atoms with Crippen LogP contribution in [0.2, 0.25) is 0 Å². The average Bonchev–Trinajstić information content (AvgIpc) is 1.86. The van der Waals surface area contributed by atoms with Crippen molar-refractivity contribution in [1.82, 2.24) is 0 Å². The molecule has 0 heterocycles. The number of hydrogen-bond acceptors (Lipinski definition) is 1. The van der Waals surface area contributed by atoms with Gasteiger partial charge in [0.15, 0.2) is 0 Å². The molecular formula is C9H14O2. The average molecular weight is 154 g/mol. The number of rotatable bonds is 3. The molecule has 0 unspecified atom stereocenters. The van der Waals surface area contributed by atoms with Gasteiger partial charge in [0.25, 0.3) is 0 Å². The first-order valence-electron chi connectivity index (χ1n) is 3.71. The maximum atomic E-state index is 10.5. The zero-order chi connectivity index (χ0) is 8.85. The summed E-state index contributed by atoms with van der Waals surface area (Å²) in [5.41, 5.74) is 3.07. The fourth-order valence-corrected chi connectivity index (χ4v) is 0.790. The van der Waals surface area contributed by atoms with Crippen molar-refractivity contribution < 1.29 is 9.90 Å². The van der Waals surface area contributed by atoms with Gasteiger partial charge in [-0.15, -0.1) is 5.73 Å². The molecule has 0 aromatic carbocycles. The third-order valence-electron chi connectivity index (χ3n) is 1.19. The van der Waals surface area contributed by atoms with Gasteiger partial charge in [0.05, 0.1) is 5.57 Å². The molecule has 0 aliphatic rings. The topological polar surface area (TPSA) is 37.3 Å². The van der Waals surface area contributed by atoms with Gasteiger partial charge < -0.3 is 5.11 Å². The van der Waals surface area contributed by atoms with Gasteiger partial charge in [0.2, 0.25) is 0 Å². The Morgan fingerprint density at radius 3 is 2.45 bits per heavy atom. The summed E-state index contributed by atoms with van der Waals surface area (Å²) in [7, 11) is 0. The van der Waals surface area contributed by atoms with Crippen LogP contribution >= 0.6 is 0 Å². The Morgan fingerprint density at radius 1 is 1.64 bits per heavy atom. The summed E-state index contributed by atoms with van der Waals surface area (Å²) in [5.74, 6) is -0.495. The van der Waals surface area contributed by atoms with Crippen molar-refractivity contribution in [1.29, 1.82) is 0 Å². The van der Waals surface area contributed by atoms with Crippen molar-refractivity contribution in [3.05, 3.63) is 17.4 Å². The van der Waals surface area contributed by atoms with Crippen molar-refractivity contribution >= 4 is 5.97 Å². The molecule has 0 aromatic rings. The standard InChI is InChI=1S/C9H14O2/c1-4-5-8(9(10)11)6-7(2)3/h4,7H,6H2,1-3H3,(H,10,11). The quantitative estimate of drug-likeness (QED) is 0.500. The van der Waals surface area contributed by atoms with E-state index >= 15 is 0 Å². The Labute approximate surface area is 67.2 Å². The van der Waals surface area contributed by atoms with E-state index in [9.17, 15) is 4.79 Å². The smallest absolute Gasteiger partial charge is 0.339 e. The third-order valence-corrected chi connectivity index (χ3v) is 1.19. The van der Waals surface area contributed by atoms with Crippen molar-refractivity contribution in [3.63, 3.8) is 0 Å². The van der Waals surface area contributed by atoms with Crippen LogP contribution in [0.1, 0.15) is 27.2 Å². The van der Waals surface area contributed by atoms with Crippen molar-refractivity contribution in [2.45, 2.75) is 27.2 Å². The van der Waals surface area contributed by atoms with E-state index in [1.54, 1.807) is 13.0 Å². The van der Waals surface area contributed by atoms with Crippen LogP contribution in [-0.4, -0.2) is 11.1 Å². The van der Waals surface area contributed by atoms with Crippen molar-refractivity contribution in [3.8, 4) is 0 Å². The number of carboxylic acid groups (broad SMARTS) is 1. The van der Waals surface area contributed by atoms with E-state index in [4.69, 9.17) is 5.11 Å². The van der Waals surface area contributed by atoms with E-state index in [1.165, 1.54) is 0 Å². The molecule has 1 N–H and O–H groups in total. The van der Waals surface area contributed by atoms with E-state index in [1.807, 2.05) is 13.8 Å². The van der Waals surface area contributed by atoms with E-state index < -0.39 is 5.97 Å². The maximum Gasteiger partial charge on any atom is 0.339 e. The molecule has 0 saturated carbocycles. The molecule has 62 valence electrons. The van der Waals surface area contributed by atoms with Crippen LogP contribution < -0.4 is 0 Å². The molecule has 0 fully saturated rings. The highest BCUT2D eigenvalue weighted by molar-refractivity contribution is 5.86. The van der Waals surface area contributed by atoms with Gasteiger partial charge in [0, 0.05) is 0 Å². The lowest BCUT2D eigenvalue weighted by Crippen LogP contribution is -2.02. The Hall–Kier alpha value is -1.01. The largest absolute Gasteiger partial charge is 0.477 e. The Bertz CT molecular complexity index is 196. The van der Waals surface area contributed by atoms with Crippen LogP contribution in [0.3, 0.4) is 0 Å². The summed E-state index contributed by atoms with van der Waals surface area (Å²) in [6, 6.07) is 0. The first-order chi connectivity index (χ1) is 5.07. The molecular weight excluding hydrogens is 140 g/mol. The first-order valence-corrected chi connectivity index (χ1v) is 3.71. The molecule has 2 heteroatoms. The number of aliphatic carboxylic acids is 1. The summed E-state index contributed by atoms with van der Waals surface area (Å²) in [5, 5.41) is 8.63. The summed E-state index contributed by atoms with van der Waals surface area (Å²) < 4.78 is 0. The molecule has 0 radical (unpaired) electrons. The third kappa shape index (κ3) is 4.40. The molecule has 0 rings (SSSR count). The summed E-state index contributed by atoms with van der Waals surface area (Å²) >= 11 is 0. The van der Waals surface area contributed by atoms with Crippen LogP contribution in [0.15, 0.2) is 17.4 Å². The molecule has 0 aliphatic heterocycles. The van der Waals surface area contributed by atoms with Crippen LogP contribution in [0.5, 0.6) is 0 Å². The van der Waals surface area contributed by atoms with E-state index in [-0.39, 0.29) is 0 Å². The van der Waals surface area contributed by atoms with Gasteiger partial charge in [-0.3, -0.25) is 0 Å². The molecule has 11 heavy (non-hydrogen) atoms. The summed E-state index contributed by atoms with van der Waals surface area (Å²) in [4.78, 5) is 10.5. The second-order valence-electron chi connectivity index (χ2n) is 2.81. The monoisotopic (exact) mass is 154 g/mol. The molecule has 0 aliphatic carbocycles. The number of carbonyl (C=O) groups is 1. The number of carboxylic acids is 1. The Balaban J connectivity index is 4.38. The predicted octanol–water partition coefficient (Wildman–Crippen LogP) is 2.22. The zero-order valence-corrected chi connectivity index (χ0v) is 7.22. The molecule has 0 atom stereocenters. The fourth-order valence-electron chi connectivity index (χ4n) is 0.790. The predicted molar refractivity (Wildman–Crippen MR) is 44.4 cm³/mol. The van der Waals surface area contributed by atoms with Gasteiger partial charge in [-0.2, -0.15) is 0 Å². The van der Waals surface area contributed by atoms with Crippen LogP contribution in [-0.2, 0) is 4.79 Å². The molecule has 0 aromatic heterocycles. The lowest BCUT2D eigenvalue weighted by atomic mass is 10.0. The van der Waals surface area contributed by atoms with Gasteiger partial charge in [0.1, 0.15) is 0 Å². The first kappa shape index (κ1) is 9.99. The summed E-state index contributed by atoms with van der Waals surface area (Å²) in [6.45, 7) is 5.74. The Morgan fingerprint density at radius 2 is 2.18 bits per heavy atom. The van der Waals surface area contributed by atoms with Gasteiger partial charge in [-0.1, -0.05) is 13.8 Å². The lowest BCUT2D eigenvalue weighted by Gasteiger charge is -2.01. The molecule has 0 saturated heterocycles. The fraction of sp³-hybridized carbons (Fsp3) is 0.556. The Kier molecular flexibility index (Phi) is 4.32. The highest BCUT2D eigenvalue weighted by atomic mass is 16.4. The van der Waals surface area contributed by atoms with Crippen LogP contribution in [0.25, 0.3) is 0 Å². The van der Waals surface area contributed by atoms with E-state index in [2.05, 4.69) is 5.73 Å². The highest BCUT2D eigenvalue weighted by Crippen LogP contribution is 2.08. The normalized spacial score (nSPS) is 9.09. The van der Waals surface area contributed by atoms with Crippen LogP contribution in [0.4, 0.5) is 0 Å². The van der Waals surface area contributed by atoms with E-state index in [0.717, 1.165) is 0 Å². The van der Waals surface area contributed by atoms with Crippen LogP contribution in [0, 0.1) is 5.92 Å². The molecule has 0 spiro atoms. The summed E-state index contributed by atoms with van der Waals surface area (Å²) in [6.07, 6.45) is 2.21. The van der Waals surface area contributed by atoms with Crippen molar-refractivity contribution in [2.24, 2.45) is 5.92 Å². The second-order valence-corrected chi connectivity index (χ2v) is 2.81. The second kappa shape index (κ2) is 4.75. The molecule has 2 nitrogen and oxygen atoms in total. The van der Waals surface area contributed by atoms with Crippen molar-refractivity contribution in [2.75, 3.05) is 0 Å². The minimum Gasteiger partial charge on any atom is -0.477 e. The van der Waals surface area contributed by atoms with Gasteiger partial charge in [-0.05, 0) is 25.3 Å². The number of hydrogen-bond donors (Lipinski definition) is 1. The lowest BCUT2D eigenvalue weighted by molar-refractivity contribution is -0.132. The minimum atomic E-state index is -0.864. The van der Waals surface area contributed by atoms with Gasteiger partial charge in [-0.25, -0.2) is 4.79 Å². The van der Waals surface area contributed by atoms with E-state index in [0.29, 0.717) is 17.9 Å². The minimum absolute atomic E-state index is 0.363. The molecule has 0 amide bonds. The SMILES string of the molecule is CC=C=C(CC(C)C)C(=O)O. The zero-order valence-electron chi connectivity index (χ0n) is 7.22. The van der Waals surface area contributed by atoms with Gasteiger partial charge >= 0.3 is 5.97 Å². The highest BCUT2D eigenvalue weighted by Gasteiger charge is 2.07. The maximum absolute atomic E-state index is 10.5. The molecule has 0 bridgehead atoms.